The average molecular weight is 451 g/mol. The zero-order valence-corrected chi connectivity index (χ0v) is 17.4. The molecule has 4 aromatic rings. The number of ether oxygens (including phenoxy) is 1. The van der Waals surface area contributed by atoms with Gasteiger partial charge in [-0.2, -0.15) is 5.10 Å². The second-order valence-electron chi connectivity index (χ2n) is 6.53. The third kappa shape index (κ3) is 4.66. The fraction of sp³-hybridized carbons (Fsp3) is 0.130. The van der Waals surface area contributed by atoms with E-state index >= 15 is 0 Å². The smallest absolute Gasteiger partial charge is 0.189 e. The highest BCUT2D eigenvalue weighted by atomic mass is 79.9. The Morgan fingerprint density at radius 2 is 2.00 bits per heavy atom. The highest BCUT2D eigenvalue weighted by Crippen LogP contribution is 2.25. The minimum Gasteiger partial charge on any atom is -0.486 e. The van der Waals surface area contributed by atoms with Gasteiger partial charge in [0.2, 0.25) is 0 Å². The molecule has 0 amide bonds. The molecule has 0 spiro atoms. The molecule has 0 atom stereocenters. The Balaban J connectivity index is 1.37. The van der Waals surface area contributed by atoms with E-state index in [4.69, 9.17) is 9.15 Å². The Hall–Kier alpha value is -3.12. The maximum Gasteiger partial charge on any atom is 0.189 e. The van der Waals surface area contributed by atoms with Crippen LogP contribution in [0.4, 0.5) is 0 Å². The van der Waals surface area contributed by atoms with Crippen LogP contribution >= 0.6 is 15.9 Å². The van der Waals surface area contributed by atoms with E-state index in [2.05, 4.69) is 27.1 Å². The molecule has 0 saturated heterocycles. The van der Waals surface area contributed by atoms with Crippen LogP contribution in [-0.2, 0) is 13.2 Å². The van der Waals surface area contributed by atoms with Crippen molar-refractivity contribution in [2.75, 3.05) is 0 Å². The molecule has 0 bridgehead atoms. The maximum atomic E-state index is 12.2. The molecule has 0 N–H and O–H groups in total. The van der Waals surface area contributed by atoms with Crippen molar-refractivity contribution >= 4 is 38.6 Å². The zero-order chi connectivity index (χ0) is 20.2. The number of allylic oxidation sites excluding steroid dienone is 1. The summed E-state index contributed by atoms with van der Waals surface area (Å²) in [4.78, 5) is 12.2. The molecule has 0 unspecified atom stereocenters. The molecule has 146 valence electrons. The highest BCUT2D eigenvalue weighted by molar-refractivity contribution is 9.10. The summed E-state index contributed by atoms with van der Waals surface area (Å²) in [7, 11) is 0. The molecule has 0 saturated carbocycles. The fourth-order valence-electron chi connectivity index (χ4n) is 2.92. The van der Waals surface area contributed by atoms with Gasteiger partial charge in [0.15, 0.2) is 5.78 Å². The van der Waals surface area contributed by atoms with Crippen molar-refractivity contribution in [3.8, 4) is 5.75 Å². The molecule has 2 aromatic heterocycles. The number of nitrogens with zero attached hydrogens (tertiary/aromatic N) is 2. The van der Waals surface area contributed by atoms with Crippen LogP contribution in [0.3, 0.4) is 0 Å². The van der Waals surface area contributed by atoms with Crippen LogP contribution in [0.2, 0.25) is 0 Å². The predicted octanol–water partition coefficient (Wildman–Crippen LogP) is 5.89. The van der Waals surface area contributed by atoms with Crippen molar-refractivity contribution in [1.82, 2.24) is 9.78 Å². The monoisotopic (exact) mass is 450 g/mol. The molecule has 6 heteroatoms. The topological polar surface area (TPSA) is 57.3 Å². The molecule has 2 heterocycles. The van der Waals surface area contributed by atoms with Crippen LogP contribution in [0.15, 0.2) is 75.9 Å². The quantitative estimate of drug-likeness (QED) is 0.260. The molecule has 0 fully saturated rings. The zero-order valence-electron chi connectivity index (χ0n) is 15.8. The van der Waals surface area contributed by atoms with Gasteiger partial charge >= 0.3 is 0 Å². The number of carbonyl (C=O) groups is 1. The number of aryl methyl sites for hydroxylation is 1. The highest BCUT2D eigenvalue weighted by Gasteiger charge is 2.06. The minimum atomic E-state index is -0.110. The van der Waals surface area contributed by atoms with Crippen molar-refractivity contribution in [1.29, 1.82) is 0 Å². The number of hydrogen-bond donors (Lipinski definition) is 0. The van der Waals surface area contributed by atoms with Gasteiger partial charge in [0.25, 0.3) is 0 Å². The summed E-state index contributed by atoms with van der Waals surface area (Å²) >= 11 is 3.48. The maximum absolute atomic E-state index is 12.2. The number of rotatable bonds is 7. The predicted molar refractivity (Wildman–Crippen MR) is 116 cm³/mol. The van der Waals surface area contributed by atoms with Crippen LogP contribution in [0.5, 0.6) is 5.75 Å². The normalized spacial score (nSPS) is 11.4. The van der Waals surface area contributed by atoms with Crippen LogP contribution in [-0.4, -0.2) is 15.6 Å². The molecule has 29 heavy (non-hydrogen) atoms. The summed E-state index contributed by atoms with van der Waals surface area (Å²) in [6.07, 6.45) is 6.45. The molecule has 5 nitrogen and oxygen atoms in total. The number of benzene rings is 2. The molecule has 0 aliphatic carbocycles. The van der Waals surface area contributed by atoms with Gasteiger partial charge in [-0.15, -0.1) is 0 Å². The molecule has 4 rings (SSSR count). The lowest BCUT2D eigenvalue weighted by atomic mass is 10.1. The summed E-state index contributed by atoms with van der Waals surface area (Å²) in [5, 5.41) is 6.37. The van der Waals surface area contributed by atoms with Crippen molar-refractivity contribution in [2.45, 2.75) is 20.1 Å². The summed E-state index contributed by atoms with van der Waals surface area (Å²) in [6, 6.07) is 15.7. The molecular weight excluding hydrogens is 432 g/mol. The van der Waals surface area contributed by atoms with Gasteiger partial charge in [-0.25, -0.2) is 0 Å². The lowest BCUT2D eigenvalue weighted by Crippen LogP contribution is -1.94. The van der Waals surface area contributed by atoms with E-state index in [9.17, 15) is 4.79 Å². The van der Waals surface area contributed by atoms with Gasteiger partial charge in [-0.3, -0.25) is 9.48 Å². The van der Waals surface area contributed by atoms with Gasteiger partial charge in [-0.1, -0.05) is 28.1 Å². The van der Waals surface area contributed by atoms with Gasteiger partial charge in [0, 0.05) is 17.2 Å². The second kappa shape index (κ2) is 8.49. The lowest BCUT2D eigenvalue weighted by Gasteiger charge is -2.06. The van der Waals surface area contributed by atoms with Crippen molar-refractivity contribution in [2.24, 2.45) is 0 Å². The Morgan fingerprint density at radius 3 is 2.83 bits per heavy atom. The SMILES string of the molecule is CCn1cc(C(=O)/C=C/c2ccc(COc3ccc4cc(Br)ccc4c3)o2)cn1. The summed E-state index contributed by atoms with van der Waals surface area (Å²) in [5.41, 5.74) is 0.557. The van der Waals surface area contributed by atoms with Crippen molar-refractivity contribution < 1.29 is 13.9 Å². The first-order valence-electron chi connectivity index (χ1n) is 9.26. The fourth-order valence-corrected chi connectivity index (χ4v) is 3.30. The van der Waals surface area contributed by atoms with E-state index in [1.807, 2.05) is 49.4 Å². The largest absolute Gasteiger partial charge is 0.486 e. The molecule has 2 aromatic carbocycles. The van der Waals surface area contributed by atoms with Crippen LogP contribution in [0.25, 0.3) is 16.8 Å². The summed E-state index contributed by atoms with van der Waals surface area (Å²) in [5.74, 6) is 1.95. The van der Waals surface area contributed by atoms with Gasteiger partial charge in [0.1, 0.15) is 23.9 Å². The van der Waals surface area contributed by atoms with Crippen LogP contribution < -0.4 is 4.74 Å². The first-order valence-corrected chi connectivity index (χ1v) is 10.1. The third-order valence-electron chi connectivity index (χ3n) is 4.48. The van der Waals surface area contributed by atoms with E-state index in [1.165, 1.54) is 6.08 Å². The van der Waals surface area contributed by atoms with Crippen LogP contribution in [0, 0.1) is 0 Å². The van der Waals surface area contributed by atoms with Crippen molar-refractivity contribution in [3.63, 3.8) is 0 Å². The van der Waals surface area contributed by atoms with Gasteiger partial charge < -0.3 is 9.15 Å². The second-order valence-corrected chi connectivity index (χ2v) is 7.44. The molecule has 0 aliphatic rings. The third-order valence-corrected chi connectivity index (χ3v) is 4.97. The minimum absolute atomic E-state index is 0.110. The molecule has 0 radical (unpaired) electrons. The van der Waals surface area contributed by atoms with Gasteiger partial charge in [0.05, 0.1) is 11.8 Å². The van der Waals surface area contributed by atoms with E-state index in [1.54, 1.807) is 23.2 Å². The molecular formula is C23H19BrN2O3. The standard InChI is InChI=1S/C23H19BrN2O3/c1-2-26-14-18(13-25-26)23(27)10-9-20-7-8-22(29-20)15-28-21-6-4-16-11-19(24)5-3-17(16)12-21/h3-14H,2,15H2,1H3/b10-9+. The number of carbonyl (C=O) groups excluding carboxylic acids is 1. The Morgan fingerprint density at radius 1 is 1.17 bits per heavy atom. The number of furan rings is 1. The Kier molecular flexibility index (Phi) is 5.62. The first-order chi connectivity index (χ1) is 14.1. The van der Waals surface area contributed by atoms with Crippen molar-refractivity contribution in [3.05, 3.63) is 88.6 Å². The number of hydrogen-bond acceptors (Lipinski definition) is 4. The van der Waals surface area contributed by atoms with Gasteiger partial charge in [-0.05, 0) is 66.2 Å². The number of fused-ring (bicyclic) bond motifs is 1. The number of halogens is 1. The summed E-state index contributed by atoms with van der Waals surface area (Å²) in [6.45, 7) is 3.01. The Bertz CT molecular complexity index is 1190. The number of ketones is 1. The number of aromatic nitrogens is 2. The first kappa shape index (κ1) is 19.2. The molecule has 0 aliphatic heterocycles. The lowest BCUT2D eigenvalue weighted by molar-refractivity contribution is 0.104. The Labute approximate surface area is 176 Å². The van der Waals surface area contributed by atoms with Crippen LogP contribution in [0.1, 0.15) is 28.8 Å². The van der Waals surface area contributed by atoms with E-state index < -0.39 is 0 Å². The van der Waals surface area contributed by atoms with E-state index in [0.717, 1.165) is 27.5 Å². The van der Waals surface area contributed by atoms with E-state index in [0.29, 0.717) is 23.7 Å². The average Bonchev–Trinajstić information content (AvgIpc) is 3.40. The summed E-state index contributed by atoms with van der Waals surface area (Å²) < 4.78 is 14.3. The van der Waals surface area contributed by atoms with E-state index in [-0.39, 0.29) is 5.78 Å².